The van der Waals surface area contributed by atoms with Crippen LogP contribution in [-0.2, 0) is 0 Å². The Kier molecular flexibility index (Phi) is 7.09. The van der Waals surface area contributed by atoms with Gasteiger partial charge in [-0.3, -0.25) is 0 Å². The van der Waals surface area contributed by atoms with Crippen molar-refractivity contribution in [3.05, 3.63) is 36.0 Å². The standard InChI is InChI=1S/C15H26O2/c1-6-15(5,17)11-14(16)10-13(4)9-7-8-12(2)3/h6,8,10,14,16-17H,1,7,9,11H2,2-5H3/b13-10+/t14-,15+/m0/s1. The van der Waals surface area contributed by atoms with Crippen molar-refractivity contribution >= 4 is 0 Å². The maximum absolute atomic E-state index is 9.80. The molecule has 98 valence electrons. The zero-order valence-corrected chi connectivity index (χ0v) is 11.5. The Morgan fingerprint density at radius 3 is 2.41 bits per heavy atom. The van der Waals surface area contributed by atoms with Crippen molar-refractivity contribution in [3.8, 4) is 0 Å². The average Bonchev–Trinajstić information content (AvgIpc) is 2.15. The summed E-state index contributed by atoms with van der Waals surface area (Å²) in [5, 5.41) is 19.5. The minimum Gasteiger partial charge on any atom is -0.389 e. The van der Waals surface area contributed by atoms with Crippen LogP contribution in [0.25, 0.3) is 0 Å². The van der Waals surface area contributed by atoms with Crippen LogP contribution in [0.15, 0.2) is 36.0 Å². The van der Waals surface area contributed by atoms with Gasteiger partial charge < -0.3 is 10.2 Å². The fourth-order valence-corrected chi connectivity index (χ4v) is 1.57. The highest BCUT2D eigenvalue weighted by Gasteiger charge is 2.19. The second-order valence-electron chi connectivity index (χ2n) is 5.17. The molecule has 0 aromatic rings. The molecule has 2 N–H and O–H groups in total. The summed E-state index contributed by atoms with van der Waals surface area (Å²) < 4.78 is 0. The third-order valence-electron chi connectivity index (χ3n) is 2.63. The second-order valence-corrected chi connectivity index (χ2v) is 5.17. The normalized spacial score (nSPS) is 17.2. The van der Waals surface area contributed by atoms with Crippen molar-refractivity contribution in [2.75, 3.05) is 0 Å². The predicted octanol–water partition coefficient (Wildman–Crippen LogP) is 3.37. The lowest BCUT2D eigenvalue weighted by Gasteiger charge is -2.20. The molecule has 0 aromatic heterocycles. The van der Waals surface area contributed by atoms with Gasteiger partial charge in [0.05, 0.1) is 11.7 Å². The van der Waals surface area contributed by atoms with Crippen LogP contribution in [0.2, 0.25) is 0 Å². The van der Waals surface area contributed by atoms with E-state index in [9.17, 15) is 10.2 Å². The zero-order chi connectivity index (χ0) is 13.5. The lowest BCUT2D eigenvalue weighted by Crippen LogP contribution is -2.26. The molecule has 0 aliphatic heterocycles. The molecule has 0 saturated carbocycles. The first-order chi connectivity index (χ1) is 7.76. The topological polar surface area (TPSA) is 40.5 Å². The Bertz CT molecular complexity index is 294. The van der Waals surface area contributed by atoms with Gasteiger partial charge in [-0.2, -0.15) is 0 Å². The second kappa shape index (κ2) is 7.46. The fraction of sp³-hybridized carbons (Fsp3) is 0.600. The third kappa shape index (κ3) is 8.90. The van der Waals surface area contributed by atoms with Crippen LogP contribution >= 0.6 is 0 Å². The van der Waals surface area contributed by atoms with Gasteiger partial charge in [0.25, 0.3) is 0 Å². The van der Waals surface area contributed by atoms with Crippen molar-refractivity contribution in [1.29, 1.82) is 0 Å². The molecule has 0 aliphatic carbocycles. The molecule has 0 rings (SSSR count). The number of allylic oxidation sites excluding steroid dienone is 3. The Labute approximate surface area is 105 Å². The van der Waals surface area contributed by atoms with Gasteiger partial charge in [0.1, 0.15) is 0 Å². The van der Waals surface area contributed by atoms with Crippen molar-refractivity contribution in [1.82, 2.24) is 0 Å². The van der Waals surface area contributed by atoms with E-state index in [1.165, 1.54) is 11.6 Å². The molecule has 2 atom stereocenters. The molecule has 2 nitrogen and oxygen atoms in total. The van der Waals surface area contributed by atoms with E-state index in [0.717, 1.165) is 18.4 Å². The zero-order valence-electron chi connectivity index (χ0n) is 11.5. The van der Waals surface area contributed by atoms with Gasteiger partial charge in [0.15, 0.2) is 0 Å². The Morgan fingerprint density at radius 1 is 1.35 bits per heavy atom. The predicted molar refractivity (Wildman–Crippen MR) is 73.9 cm³/mol. The van der Waals surface area contributed by atoms with Crippen molar-refractivity contribution < 1.29 is 10.2 Å². The van der Waals surface area contributed by atoms with E-state index in [4.69, 9.17) is 0 Å². The smallest absolute Gasteiger partial charge is 0.0824 e. The number of hydrogen-bond donors (Lipinski definition) is 2. The Balaban J connectivity index is 4.19. The van der Waals surface area contributed by atoms with Crippen LogP contribution in [-0.4, -0.2) is 21.9 Å². The van der Waals surface area contributed by atoms with Crippen LogP contribution in [0.5, 0.6) is 0 Å². The lowest BCUT2D eigenvalue weighted by molar-refractivity contribution is 0.0574. The van der Waals surface area contributed by atoms with E-state index in [-0.39, 0.29) is 6.42 Å². The summed E-state index contributed by atoms with van der Waals surface area (Å²) >= 11 is 0. The third-order valence-corrected chi connectivity index (χ3v) is 2.63. The summed E-state index contributed by atoms with van der Waals surface area (Å²) in [6.45, 7) is 11.4. The van der Waals surface area contributed by atoms with Gasteiger partial charge in [-0.05, 0) is 40.5 Å². The molecule has 0 heterocycles. The molecule has 2 heteroatoms. The van der Waals surface area contributed by atoms with Crippen molar-refractivity contribution in [3.63, 3.8) is 0 Å². The summed E-state index contributed by atoms with van der Waals surface area (Å²) in [5.74, 6) is 0. The van der Waals surface area contributed by atoms with E-state index in [1.807, 2.05) is 13.0 Å². The Morgan fingerprint density at radius 2 is 1.94 bits per heavy atom. The summed E-state index contributed by atoms with van der Waals surface area (Å²) in [7, 11) is 0. The number of hydrogen-bond acceptors (Lipinski definition) is 2. The highest BCUT2D eigenvalue weighted by Crippen LogP contribution is 2.16. The summed E-state index contributed by atoms with van der Waals surface area (Å²) in [4.78, 5) is 0. The van der Waals surface area contributed by atoms with Gasteiger partial charge in [-0.15, -0.1) is 6.58 Å². The molecule has 0 saturated heterocycles. The van der Waals surface area contributed by atoms with Gasteiger partial charge in [-0.1, -0.05) is 29.4 Å². The highest BCUT2D eigenvalue weighted by atomic mass is 16.3. The quantitative estimate of drug-likeness (QED) is 0.668. The van der Waals surface area contributed by atoms with E-state index in [2.05, 4.69) is 26.5 Å². The van der Waals surface area contributed by atoms with Gasteiger partial charge in [-0.25, -0.2) is 0 Å². The number of aliphatic hydroxyl groups is 2. The molecule has 17 heavy (non-hydrogen) atoms. The lowest BCUT2D eigenvalue weighted by atomic mass is 9.97. The molecule has 0 aliphatic rings. The largest absolute Gasteiger partial charge is 0.389 e. The minimum atomic E-state index is -1.00. The van der Waals surface area contributed by atoms with Crippen molar-refractivity contribution in [2.45, 2.75) is 58.7 Å². The maximum Gasteiger partial charge on any atom is 0.0824 e. The first-order valence-corrected chi connectivity index (χ1v) is 6.11. The molecule has 0 spiro atoms. The molecule has 0 fully saturated rings. The van der Waals surface area contributed by atoms with E-state index >= 15 is 0 Å². The van der Waals surface area contributed by atoms with Crippen LogP contribution in [0.4, 0.5) is 0 Å². The van der Waals surface area contributed by atoms with Gasteiger partial charge in [0.2, 0.25) is 0 Å². The molecular weight excluding hydrogens is 212 g/mol. The van der Waals surface area contributed by atoms with E-state index in [1.54, 1.807) is 6.92 Å². The fourth-order valence-electron chi connectivity index (χ4n) is 1.57. The van der Waals surface area contributed by atoms with Crippen LogP contribution in [0, 0.1) is 0 Å². The monoisotopic (exact) mass is 238 g/mol. The first-order valence-electron chi connectivity index (χ1n) is 6.11. The molecule has 0 radical (unpaired) electrons. The minimum absolute atomic E-state index is 0.288. The summed E-state index contributed by atoms with van der Waals surface area (Å²) in [6.07, 6.45) is 7.07. The first kappa shape index (κ1) is 16.1. The van der Waals surface area contributed by atoms with E-state index < -0.39 is 11.7 Å². The SMILES string of the molecule is C=C[C@@](C)(O)C[C@@H](O)/C=C(\C)CCC=C(C)C. The van der Waals surface area contributed by atoms with Gasteiger partial charge in [0, 0.05) is 6.42 Å². The molecule has 0 amide bonds. The number of aliphatic hydroxyl groups excluding tert-OH is 1. The average molecular weight is 238 g/mol. The van der Waals surface area contributed by atoms with Crippen LogP contribution in [0.3, 0.4) is 0 Å². The van der Waals surface area contributed by atoms with Gasteiger partial charge >= 0.3 is 0 Å². The van der Waals surface area contributed by atoms with Crippen LogP contribution in [0.1, 0.15) is 47.0 Å². The molecule has 0 bridgehead atoms. The Hall–Kier alpha value is -0.860. The van der Waals surface area contributed by atoms with Crippen LogP contribution < -0.4 is 0 Å². The van der Waals surface area contributed by atoms with E-state index in [0.29, 0.717) is 0 Å². The summed E-state index contributed by atoms with van der Waals surface area (Å²) in [6, 6.07) is 0. The van der Waals surface area contributed by atoms with Crippen molar-refractivity contribution in [2.24, 2.45) is 0 Å². The molecule has 0 unspecified atom stereocenters. The molecule has 0 aromatic carbocycles. The maximum atomic E-state index is 9.80. The molecular formula is C15H26O2. The summed E-state index contributed by atoms with van der Waals surface area (Å²) in [5.41, 5.74) is 1.46. The number of rotatable bonds is 7. The highest BCUT2D eigenvalue weighted by molar-refractivity contribution is 5.07.